The molecule has 0 saturated carbocycles. The molecule has 0 unspecified atom stereocenters. The normalized spacial score (nSPS) is 15.0. The molecule has 152 valence electrons. The number of piperidine rings is 1. The number of para-hydroxylation sites is 1. The lowest BCUT2D eigenvalue weighted by Crippen LogP contribution is -2.38. The van der Waals surface area contributed by atoms with E-state index >= 15 is 0 Å². The number of likely N-dealkylation sites (tertiary alicyclic amines) is 1. The molecule has 0 spiro atoms. The molecule has 4 rings (SSSR count). The maximum absolute atomic E-state index is 12.5. The maximum atomic E-state index is 12.5. The van der Waals surface area contributed by atoms with Crippen LogP contribution in [-0.2, 0) is 4.79 Å². The molecule has 1 aliphatic heterocycles. The average Bonchev–Trinajstić information content (AvgIpc) is 3.15. The van der Waals surface area contributed by atoms with Crippen LogP contribution in [0.15, 0.2) is 51.4 Å². The molecular weight excluding hydrogens is 456 g/mol. The zero-order chi connectivity index (χ0) is 20.2. The fourth-order valence-corrected chi connectivity index (χ4v) is 4.16. The van der Waals surface area contributed by atoms with Crippen LogP contribution < -0.4 is 4.74 Å². The first-order valence-electron chi connectivity index (χ1n) is 9.81. The van der Waals surface area contributed by atoms with Crippen LogP contribution in [0.25, 0.3) is 11.1 Å². The van der Waals surface area contributed by atoms with Crippen LogP contribution in [0, 0.1) is 0 Å². The molecule has 1 fully saturated rings. The second-order valence-electron chi connectivity index (χ2n) is 7.20. The first-order valence-corrected chi connectivity index (χ1v) is 11.0. The summed E-state index contributed by atoms with van der Waals surface area (Å²) >= 11 is 9.49. The Bertz CT molecular complexity index is 999. The summed E-state index contributed by atoms with van der Waals surface area (Å²) < 4.78 is 12.6. The van der Waals surface area contributed by atoms with Gasteiger partial charge in [0.2, 0.25) is 5.91 Å². The van der Waals surface area contributed by atoms with E-state index in [2.05, 4.69) is 20.9 Å². The number of nitrogens with zero attached hydrogens (tertiary/aromatic N) is 2. The van der Waals surface area contributed by atoms with Gasteiger partial charge in [-0.3, -0.25) is 4.79 Å². The first kappa shape index (κ1) is 20.2. The van der Waals surface area contributed by atoms with Crippen LogP contribution in [0.1, 0.15) is 37.5 Å². The molecule has 0 radical (unpaired) electrons. The van der Waals surface area contributed by atoms with Crippen molar-refractivity contribution in [3.63, 3.8) is 0 Å². The molecular formula is C22H22BrClN2O3. The molecule has 5 nitrogen and oxygen atoms in total. The van der Waals surface area contributed by atoms with Crippen molar-refractivity contribution < 1.29 is 13.9 Å². The largest absolute Gasteiger partial charge is 0.492 e. The molecule has 0 bridgehead atoms. The smallest absolute Gasteiger partial charge is 0.222 e. The van der Waals surface area contributed by atoms with Gasteiger partial charge in [-0.1, -0.05) is 23.7 Å². The van der Waals surface area contributed by atoms with E-state index in [-0.39, 0.29) is 11.8 Å². The van der Waals surface area contributed by atoms with Gasteiger partial charge in [-0.15, -0.1) is 0 Å². The van der Waals surface area contributed by atoms with E-state index in [9.17, 15) is 4.79 Å². The molecule has 7 heteroatoms. The Kier molecular flexibility index (Phi) is 6.40. The zero-order valence-electron chi connectivity index (χ0n) is 15.9. The summed E-state index contributed by atoms with van der Waals surface area (Å²) in [4.78, 5) is 19.0. The van der Waals surface area contributed by atoms with Gasteiger partial charge in [0, 0.05) is 30.5 Å². The molecule has 2 aromatic carbocycles. The highest BCUT2D eigenvalue weighted by atomic mass is 79.9. The highest BCUT2D eigenvalue weighted by Gasteiger charge is 2.26. The molecule has 0 atom stereocenters. The Morgan fingerprint density at radius 3 is 2.83 bits per heavy atom. The highest BCUT2D eigenvalue weighted by Crippen LogP contribution is 2.31. The lowest BCUT2D eigenvalue weighted by molar-refractivity contribution is -0.132. The average molecular weight is 478 g/mol. The zero-order valence-corrected chi connectivity index (χ0v) is 18.3. The molecule has 0 aliphatic carbocycles. The van der Waals surface area contributed by atoms with Crippen molar-refractivity contribution in [3.05, 3.63) is 57.9 Å². The van der Waals surface area contributed by atoms with Crippen LogP contribution in [0.3, 0.4) is 0 Å². The number of carbonyl (C=O) groups excluding carboxylic acids is 1. The van der Waals surface area contributed by atoms with Crippen molar-refractivity contribution in [2.24, 2.45) is 0 Å². The number of rotatable bonds is 6. The number of fused-ring (bicyclic) bond motifs is 1. The number of oxazole rings is 1. The number of aromatic nitrogens is 1. The highest BCUT2D eigenvalue weighted by molar-refractivity contribution is 9.10. The van der Waals surface area contributed by atoms with Crippen LogP contribution in [0.2, 0.25) is 5.02 Å². The van der Waals surface area contributed by atoms with Crippen LogP contribution in [-0.4, -0.2) is 35.5 Å². The van der Waals surface area contributed by atoms with Crippen LogP contribution in [0.4, 0.5) is 0 Å². The third-order valence-corrected chi connectivity index (χ3v) is 6.08. The monoisotopic (exact) mass is 476 g/mol. The maximum Gasteiger partial charge on any atom is 0.222 e. The lowest BCUT2D eigenvalue weighted by atomic mass is 9.96. The Morgan fingerprint density at radius 1 is 1.24 bits per heavy atom. The van der Waals surface area contributed by atoms with Gasteiger partial charge < -0.3 is 14.1 Å². The SMILES string of the molecule is O=C(CCCOc1ccccc1Br)N1CCC(c2nc3cc(Cl)ccc3o2)CC1. The van der Waals surface area contributed by atoms with Gasteiger partial charge >= 0.3 is 0 Å². The van der Waals surface area contributed by atoms with Crippen molar-refractivity contribution in [1.82, 2.24) is 9.88 Å². The minimum absolute atomic E-state index is 0.184. The molecule has 1 amide bonds. The van der Waals surface area contributed by atoms with Gasteiger partial charge in [-0.2, -0.15) is 0 Å². The van der Waals surface area contributed by atoms with E-state index in [1.807, 2.05) is 41.3 Å². The summed E-state index contributed by atoms with van der Waals surface area (Å²) in [6.07, 6.45) is 2.92. The first-order chi connectivity index (χ1) is 14.1. The Labute approximate surface area is 183 Å². The minimum Gasteiger partial charge on any atom is -0.492 e. The van der Waals surface area contributed by atoms with E-state index < -0.39 is 0 Å². The molecule has 0 N–H and O–H groups in total. The van der Waals surface area contributed by atoms with Gasteiger partial charge in [-0.05, 0) is 65.5 Å². The molecule has 1 saturated heterocycles. The van der Waals surface area contributed by atoms with Gasteiger partial charge in [0.1, 0.15) is 11.3 Å². The van der Waals surface area contributed by atoms with E-state index in [0.717, 1.165) is 53.1 Å². The summed E-state index contributed by atoms with van der Waals surface area (Å²) in [6.45, 7) is 1.98. The lowest BCUT2D eigenvalue weighted by Gasteiger charge is -2.30. The predicted octanol–water partition coefficient (Wildman–Crippen LogP) is 5.81. The molecule has 2 heterocycles. The summed E-state index contributed by atoms with van der Waals surface area (Å²) in [6, 6.07) is 13.2. The second kappa shape index (κ2) is 9.18. The fraction of sp³-hybridized carbons (Fsp3) is 0.364. The number of benzene rings is 2. The van der Waals surface area contributed by atoms with E-state index in [1.165, 1.54) is 0 Å². The topological polar surface area (TPSA) is 55.6 Å². The summed E-state index contributed by atoms with van der Waals surface area (Å²) in [5, 5.41) is 0.654. The number of ether oxygens (including phenoxy) is 1. The molecule has 1 aromatic heterocycles. The number of amides is 1. The molecule has 3 aromatic rings. The minimum atomic E-state index is 0.184. The third-order valence-electron chi connectivity index (χ3n) is 5.19. The summed E-state index contributed by atoms with van der Waals surface area (Å²) in [5.74, 6) is 1.98. The molecule has 1 aliphatic rings. The summed E-state index contributed by atoms with van der Waals surface area (Å²) in [5.41, 5.74) is 1.55. The van der Waals surface area contributed by atoms with Crippen molar-refractivity contribution in [2.75, 3.05) is 19.7 Å². The van der Waals surface area contributed by atoms with E-state index in [1.54, 1.807) is 6.07 Å². The fourth-order valence-electron chi connectivity index (χ4n) is 3.59. The van der Waals surface area contributed by atoms with Crippen molar-refractivity contribution in [2.45, 2.75) is 31.6 Å². The van der Waals surface area contributed by atoms with Crippen LogP contribution in [0.5, 0.6) is 5.75 Å². The Balaban J connectivity index is 1.23. The van der Waals surface area contributed by atoms with Crippen molar-refractivity contribution in [1.29, 1.82) is 0 Å². The summed E-state index contributed by atoms with van der Waals surface area (Å²) in [7, 11) is 0. The number of hydrogen-bond donors (Lipinski definition) is 0. The van der Waals surface area contributed by atoms with Gasteiger partial charge in [0.05, 0.1) is 11.1 Å². The third kappa shape index (κ3) is 4.93. The predicted molar refractivity (Wildman–Crippen MR) is 116 cm³/mol. The van der Waals surface area contributed by atoms with E-state index in [4.69, 9.17) is 20.8 Å². The van der Waals surface area contributed by atoms with Gasteiger partial charge in [0.25, 0.3) is 0 Å². The standard InChI is InChI=1S/C22H22BrClN2O3/c23-17-4-1-2-5-19(17)28-13-3-6-21(27)26-11-9-15(10-12-26)22-25-18-14-16(24)7-8-20(18)29-22/h1-2,4-5,7-8,14-15H,3,6,9-13H2. The van der Waals surface area contributed by atoms with Crippen molar-refractivity contribution in [3.8, 4) is 5.75 Å². The van der Waals surface area contributed by atoms with Crippen LogP contribution >= 0.6 is 27.5 Å². The van der Waals surface area contributed by atoms with Gasteiger partial charge in [-0.25, -0.2) is 4.98 Å². The molecule has 29 heavy (non-hydrogen) atoms. The Hall–Kier alpha value is -2.05. The van der Waals surface area contributed by atoms with E-state index in [0.29, 0.717) is 24.5 Å². The number of carbonyl (C=O) groups is 1. The number of halogens is 2. The second-order valence-corrected chi connectivity index (χ2v) is 8.49. The Morgan fingerprint density at radius 2 is 2.03 bits per heavy atom. The number of hydrogen-bond acceptors (Lipinski definition) is 4. The quantitative estimate of drug-likeness (QED) is 0.420. The van der Waals surface area contributed by atoms with Crippen molar-refractivity contribution >= 4 is 44.5 Å². The van der Waals surface area contributed by atoms with Gasteiger partial charge in [0.15, 0.2) is 11.5 Å².